The van der Waals surface area contributed by atoms with Crippen molar-refractivity contribution in [2.75, 3.05) is 13.7 Å². The second kappa shape index (κ2) is 5.80. The van der Waals surface area contributed by atoms with Crippen molar-refractivity contribution < 1.29 is 19.1 Å². The highest BCUT2D eigenvalue weighted by Crippen LogP contribution is 2.29. The summed E-state index contributed by atoms with van der Waals surface area (Å²) in [6, 6.07) is -0.196. The molecule has 3 unspecified atom stereocenters. The summed E-state index contributed by atoms with van der Waals surface area (Å²) >= 11 is 0. The van der Waals surface area contributed by atoms with Crippen LogP contribution in [0.1, 0.15) is 41.0 Å². The van der Waals surface area contributed by atoms with Gasteiger partial charge in [0.1, 0.15) is 5.60 Å². The SMILES string of the molecule is COC(=O)C1CC(C)CN(C(=O)OC(C)(C)C)C1C. The monoisotopic (exact) mass is 271 g/mol. The van der Waals surface area contributed by atoms with E-state index in [1.165, 1.54) is 7.11 Å². The minimum atomic E-state index is -0.530. The molecule has 1 rings (SSSR count). The first kappa shape index (κ1) is 15.8. The van der Waals surface area contributed by atoms with Gasteiger partial charge in [0.05, 0.1) is 13.0 Å². The van der Waals surface area contributed by atoms with Gasteiger partial charge < -0.3 is 14.4 Å². The van der Waals surface area contributed by atoms with E-state index in [-0.39, 0.29) is 29.9 Å². The molecule has 1 aliphatic rings. The van der Waals surface area contributed by atoms with Crippen molar-refractivity contribution in [3.8, 4) is 0 Å². The van der Waals surface area contributed by atoms with E-state index in [1.807, 2.05) is 34.6 Å². The molecule has 1 saturated heterocycles. The molecule has 110 valence electrons. The predicted molar refractivity (Wildman–Crippen MR) is 71.7 cm³/mol. The minimum Gasteiger partial charge on any atom is -0.469 e. The Morgan fingerprint density at radius 3 is 2.26 bits per heavy atom. The van der Waals surface area contributed by atoms with Gasteiger partial charge in [0.15, 0.2) is 0 Å². The van der Waals surface area contributed by atoms with Crippen LogP contribution in [0.25, 0.3) is 0 Å². The fourth-order valence-electron chi connectivity index (χ4n) is 2.43. The maximum Gasteiger partial charge on any atom is 0.410 e. The van der Waals surface area contributed by atoms with Crippen molar-refractivity contribution >= 4 is 12.1 Å². The van der Waals surface area contributed by atoms with Crippen molar-refractivity contribution in [3.05, 3.63) is 0 Å². The summed E-state index contributed by atoms with van der Waals surface area (Å²) in [4.78, 5) is 25.6. The zero-order valence-electron chi connectivity index (χ0n) is 12.7. The molecule has 3 atom stereocenters. The highest BCUT2D eigenvalue weighted by Gasteiger charge is 2.40. The smallest absolute Gasteiger partial charge is 0.410 e. The van der Waals surface area contributed by atoms with Gasteiger partial charge >= 0.3 is 12.1 Å². The molecule has 0 aromatic carbocycles. The molecular formula is C14H25NO4. The van der Waals surface area contributed by atoms with Crippen LogP contribution in [-0.2, 0) is 14.3 Å². The Kier molecular flexibility index (Phi) is 4.82. The molecule has 0 bridgehead atoms. The van der Waals surface area contributed by atoms with E-state index >= 15 is 0 Å². The second-order valence-electron chi connectivity index (χ2n) is 6.34. The quantitative estimate of drug-likeness (QED) is 0.687. The number of carbonyl (C=O) groups excluding carboxylic acids is 2. The molecule has 0 N–H and O–H groups in total. The first-order valence-corrected chi connectivity index (χ1v) is 6.73. The Labute approximate surface area is 115 Å². The molecule has 0 saturated carbocycles. The third-order valence-electron chi connectivity index (χ3n) is 3.37. The average Bonchev–Trinajstić information content (AvgIpc) is 2.28. The van der Waals surface area contributed by atoms with Crippen LogP contribution in [0.5, 0.6) is 0 Å². The van der Waals surface area contributed by atoms with Gasteiger partial charge in [-0.1, -0.05) is 6.92 Å². The van der Waals surface area contributed by atoms with E-state index in [1.54, 1.807) is 4.90 Å². The van der Waals surface area contributed by atoms with Gasteiger partial charge in [0.2, 0.25) is 0 Å². The number of esters is 1. The average molecular weight is 271 g/mol. The Bertz CT molecular complexity index is 348. The number of hydrogen-bond donors (Lipinski definition) is 0. The minimum absolute atomic E-state index is 0.196. The Morgan fingerprint density at radius 2 is 1.79 bits per heavy atom. The maximum atomic E-state index is 12.2. The lowest BCUT2D eigenvalue weighted by Crippen LogP contribution is -2.53. The molecular weight excluding hydrogens is 246 g/mol. The molecule has 1 amide bonds. The highest BCUT2D eigenvalue weighted by molar-refractivity contribution is 5.75. The lowest BCUT2D eigenvalue weighted by molar-refractivity contribution is -0.150. The number of carbonyl (C=O) groups is 2. The molecule has 19 heavy (non-hydrogen) atoms. The molecule has 0 aliphatic carbocycles. The molecule has 1 aliphatic heterocycles. The van der Waals surface area contributed by atoms with E-state index in [0.29, 0.717) is 6.54 Å². The van der Waals surface area contributed by atoms with Crippen LogP contribution in [0, 0.1) is 11.8 Å². The maximum absolute atomic E-state index is 12.2. The van der Waals surface area contributed by atoms with Crippen LogP contribution in [0.15, 0.2) is 0 Å². The van der Waals surface area contributed by atoms with Gasteiger partial charge in [-0.2, -0.15) is 0 Å². The van der Waals surface area contributed by atoms with Crippen LogP contribution in [-0.4, -0.2) is 42.3 Å². The van der Waals surface area contributed by atoms with Crippen LogP contribution < -0.4 is 0 Å². The number of likely N-dealkylation sites (tertiary alicyclic amines) is 1. The Balaban J connectivity index is 2.82. The van der Waals surface area contributed by atoms with Crippen LogP contribution in [0.4, 0.5) is 4.79 Å². The standard InChI is InChI=1S/C14H25NO4/c1-9-7-11(12(16)18-6)10(2)15(8-9)13(17)19-14(3,4)5/h9-11H,7-8H2,1-6H3. The first-order valence-electron chi connectivity index (χ1n) is 6.73. The number of piperidine rings is 1. The van der Waals surface area contributed by atoms with Gasteiger partial charge in [-0.25, -0.2) is 4.79 Å². The van der Waals surface area contributed by atoms with E-state index in [0.717, 1.165) is 6.42 Å². The summed E-state index contributed by atoms with van der Waals surface area (Å²) in [5.41, 5.74) is -0.530. The van der Waals surface area contributed by atoms with Gasteiger partial charge in [0.25, 0.3) is 0 Å². The predicted octanol–water partition coefficient (Wildman–Crippen LogP) is 2.44. The van der Waals surface area contributed by atoms with Gasteiger partial charge in [-0.3, -0.25) is 4.79 Å². The second-order valence-corrected chi connectivity index (χ2v) is 6.34. The summed E-state index contributed by atoms with van der Waals surface area (Å²) in [5.74, 6) is -0.276. The fourth-order valence-corrected chi connectivity index (χ4v) is 2.43. The van der Waals surface area contributed by atoms with Crippen LogP contribution >= 0.6 is 0 Å². The molecule has 5 heteroatoms. The molecule has 0 radical (unpaired) electrons. The Morgan fingerprint density at radius 1 is 1.21 bits per heavy atom. The molecule has 0 aromatic rings. The number of ether oxygens (including phenoxy) is 2. The molecule has 1 fully saturated rings. The number of amides is 1. The van der Waals surface area contributed by atoms with E-state index in [2.05, 4.69) is 0 Å². The van der Waals surface area contributed by atoms with E-state index in [9.17, 15) is 9.59 Å². The van der Waals surface area contributed by atoms with E-state index < -0.39 is 5.60 Å². The van der Waals surface area contributed by atoms with Gasteiger partial charge in [-0.15, -0.1) is 0 Å². The van der Waals surface area contributed by atoms with Gasteiger partial charge in [-0.05, 0) is 40.0 Å². The normalized spacial score (nSPS) is 27.9. The van der Waals surface area contributed by atoms with Crippen molar-refractivity contribution in [1.82, 2.24) is 4.90 Å². The number of methoxy groups -OCH3 is 1. The summed E-state index contributed by atoms with van der Waals surface area (Å²) in [7, 11) is 1.38. The Hall–Kier alpha value is -1.26. The van der Waals surface area contributed by atoms with Crippen molar-refractivity contribution in [1.29, 1.82) is 0 Å². The third-order valence-corrected chi connectivity index (χ3v) is 3.37. The summed E-state index contributed by atoms with van der Waals surface area (Å²) in [5, 5.41) is 0. The lowest BCUT2D eigenvalue weighted by atomic mass is 9.85. The van der Waals surface area contributed by atoms with Crippen LogP contribution in [0.3, 0.4) is 0 Å². The summed E-state index contributed by atoms with van der Waals surface area (Å²) < 4.78 is 10.2. The van der Waals surface area contributed by atoms with Crippen molar-refractivity contribution in [2.45, 2.75) is 52.7 Å². The fraction of sp³-hybridized carbons (Fsp3) is 0.857. The topological polar surface area (TPSA) is 55.8 Å². The summed E-state index contributed by atoms with van der Waals surface area (Å²) in [6.07, 6.45) is 0.383. The highest BCUT2D eigenvalue weighted by atomic mass is 16.6. The molecule has 0 aromatic heterocycles. The zero-order chi connectivity index (χ0) is 14.8. The molecule has 0 spiro atoms. The van der Waals surface area contributed by atoms with Crippen molar-refractivity contribution in [2.24, 2.45) is 11.8 Å². The number of nitrogens with zero attached hydrogens (tertiary/aromatic N) is 1. The largest absolute Gasteiger partial charge is 0.469 e. The molecule has 5 nitrogen and oxygen atoms in total. The van der Waals surface area contributed by atoms with Crippen molar-refractivity contribution in [3.63, 3.8) is 0 Å². The lowest BCUT2D eigenvalue weighted by Gasteiger charge is -2.41. The molecule has 1 heterocycles. The number of hydrogen-bond acceptors (Lipinski definition) is 4. The zero-order valence-corrected chi connectivity index (χ0v) is 12.7. The van der Waals surface area contributed by atoms with E-state index in [4.69, 9.17) is 9.47 Å². The first-order chi connectivity index (χ1) is 8.65. The third kappa shape index (κ3) is 4.11. The van der Waals surface area contributed by atoms with Crippen LogP contribution in [0.2, 0.25) is 0 Å². The van der Waals surface area contributed by atoms with Gasteiger partial charge in [0, 0.05) is 12.6 Å². The number of rotatable bonds is 1. The summed E-state index contributed by atoms with van der Waals surface area (Å²) in [6.45, 7) is 10.0.